The number of carbonyl (C=O) groups is 1. The quantitative estimate of drug-likeness (QED) is 0.843. The van der Waals surface area contributed by atoms with Gasteiger partial charge in [-0.05, 0) is 6.07 Å². The van der Waals surface area contributed by atoms with Gasteiger partial charge in [0, 0.05) is 6.54 Å². The molecule has 0 saturated heterocycles. The number of alkyl halides is 2. The molecule has 0 bridgehead atoms. The first-order chi connectivity index (χ1) is 7.99. The van der Waals surface area contributed by atoms with Crippen LogP contribution in [0.25, 0.3) is 0 Å². The number of carbonyl (C=O) groups excluding carboxylic acids is 1. The Morgan fingerprint density at radius 1 is 1.65 bits per heavy atom. The predicted molar refractivity (Wildman–Crippen MR) is 57.8 cm³/mol. The fourth-order valence-corrected chi connectivity index (χ4v) is 1.64. The van der Waals surface area contributed by atoms with Crippen molar-refractivity contribution >= 4 is 17.6 Å². The second-order valence-electron chi connectivity index (χ2n) is 3.21. The van der Waals surface area contributed by atoms with Crippen LogP contribution < -0.4 is 5.73 Å². The van der Waals surface area contributed by atoms with Gasteiger partial charge in [-0.2, -0.15) is 0 Å². The fraction of sp³-hybridized carbons (Fsp3) is 0.400. The summed E-state index contributed by atoms with van der Waals surface area (Å²) in [5.74, 6) is -0.527. The summed E-state index contributed by atoms with van der Waals surface area (Å²) in [6.45, 7) is -0.172. The van der Waals surface area contributed by atoms with E-state index in [0.29, 0.717) is 0 Å². The summed E-state index contributed by atoms with van der Waals surface area (Å²) >= 11 is 5.71. The first-order valence-corrected chi connectivity index (χ1v) is 5.10. The van der Waals surface area contributed by atoms with Gasteiger partial charge in [0.1, 0.15) is 0 Å². The molecular formula is C10H11ClF2N2O2. The van der Waals surface area contributed by atoms with E-state index in [1.165, 1.54) is 13.2 Å². The zero-order chi connectivity index (χ0) is 13.0. The molecule has 0 aromatic carbocycles. The minimum atomic E-state index is -2.75. The number of esters is 1. The van der Waals surface area contributed by atoms with Crippen molar-refractivity contribution in [3.05, 3.63) is 28.0 Å². The summed E-state index contributed by atoms with van der Waals surface area (Å²) < 4.78 is 29.8. The lowest BCUT2D eigenvalue weighted by molar-refractivity contribution is -0.139. The standard InChI is InChI=1S/C10H11ClF2N2O2/c1-17-8(16)3-5-2-6(11)9(10(12)13)7(4-14)15-5/h2,10H,3-4,14H2,1H3. The van der Waals surface area contributed by atoms with Gasteiger partial charge in [0.15, 0.2) is 0 Å². The zero-order valence-corrected chi connectivity index (χ0v) is 9.80. The van der Waals surface area contributed by atoms with Crippen LogP contribution in [0.5, 0.6) is 0 Å². The maximum atomic E-state index is 12.7. The van der Waals surface area contributed by atoms with Crippen molar-refractivity contribution < 1.29 is 18.3 Å². The van der Waals surface area contributed by atoms with E-state index >= 15 is 0 Å². The number of aromatic nitrogens is 1. The van der Waals surface area contributed by atoms with Crippen molar-refractivity contribution in [1.29, 1.82) is 0 Å². The number of rotatable bonds is 4. The molecule has 4 nitrogen and oxygen atoms in total. The van der Waals surface area contributed by atoms with Gasteiger partial charge in [0.2, 0.25) is 0 Å². The van der Waals surface area contributed by atoms with E-state index < -0.39 is 12.4 Å². The molecule has 1 rings (SSSR count). The third-order valence-electron chi connectivity index (χ3n) is 2.10. The lowest BCUT2D eigenvalue weighted by Gasteiger charge is -2.10. The molecule has 0 radical (unpaired) electrons. The van der Waals surface area contributed by atoms with E-state index in [-0.39, 0.29) is 34.9 Å². The number of hydrogen-bond donors (Lipinski definition) is 1. The summed E-state index contributed by atoms with van der Waals surface area (Å²) in [6, 6.07) is 1.22. The van der Waals surface area contributed by atoms with E-state index in [4.69, 9.17) is 17.3 Å². The van der Waals surface area contributed by atoms with Gasteiger partial charge in [-0.15, -0.1) is 0 Å². The molecule has 1 aromatic rings. The van der Waals surface area contributed by atoms with Crippen molar-refractivity contribution in [2.75, 3.05) is 7.11 Å². The largest absolute Gasteiger partial charge is 0.469 e. The van der Waals surface area contributed by atoms with Gasteiger partial charge in [-0.25, -0.2) is 8.78 Å². The topological polar surface area (TPSA) is 65.2 Å². The number of pyridine rings is 1. The number of hydrogen-bond acceptors (Lipinski definition) is 4. The summed E-state index contributed by atoms with van der Waals surface area (Å²) in [4.78, 5) is 14.9. The van der Waals surface area contributed by atoms with E-state index in [9.17, 15) is 13.6 Å². The van der Waals surface area contributed by atoms with Gasteiger partial charge in [-0.1, -0.05) is 11.6 Å². The first kappa shape index (κ1) is 13.8. The average Bonchev–Trinajstić information content (AvgIpc) is 2.27. The lowest BCUT2D eigenvalue weighted by atomic mass is 10.1. The second kappa shape index (κ2) is 5.88. The Morgan fingerprint density at radius 3 is 2.76 bits per heavy atom. The SMILES string of the molecule is COC(=O)Cc1cc(Cl)c(C(F)F)c(CN)n1. The number of nitrogens with two attached hydrogens (primary N) is 1. The summed E-state index contributed by atoms with van der Waals surface area (Å²) in [5, 5.41) is -0.144. The van der Waals surface area contributed by atoms with Crippen molar-refractivity contribution in [2.24, 2.45) is 5.73 Å². The van der Waals surface area contributed by atoms with Crippen molar-refractivity contribution in [2.45, 2.75) is 19.4 Å². The minimum absolute atomic E-state index is 0.00796. The number of ether oxygens (including phenoxy) is 1. The van der Waals surface area contributed by atoms with Gasteiger partial charge >= 0.3 is 5.97 Å². The van der Waals surface area contributed by atoms with Crippen LogP contribution in [0, 0.1) is 0 Å². The molecule has 0 spiro atoms. The molecule has 0 saturated carbocycles. The molecule has 0 amide bonds. The van der Waals surface area contributed by atoms with E-state index in [2.05, 4.69) is 9.72 Å². The highest BCUT2D eigenvalue weighted by Gasteiger charge is 2.19. The van der Waals surface area contributed by atoms with Gasteiger partial charge in [0.25, 0.3) is 6.43 Å². The molecule has 1 aromatic heterocycles. The third kappa shape index (κ3) is 3.34. The van der Waals surface area contributed by atoms with Crippen molar-refractivity contribution in [1.82, 2.24) is 4.98 Å². The Labute approximate surface area is 102 Å². The van der Waals surface area contributed by atoms with Crippen molar-refractivity contribution in [3.8, 4) is 0 Å². The molecule has 7 heteroatoms. The van der Waals surface area contributed by atoms with E-state index in [1.54, 1.807) is 0 Å². The summed E-state index contributed by atoms with van der Waals surface area (Å²) in [5.41, 5.74) is 5.18. The smallest absolute Gasteiger partial charge is 0.311 e. The molecule has 0 aliphatic heterocycles. The average molecular weight is 265 g/mol. The molecule has 0 unspecified atom stereocenters. The van der Waals surface area contributed by atoms with Crippen LogP contribution in [-0.2, 0) is 22.5 Å². The molecule has 0 fully saturated rings. The molecule has 17 heavy (non-hydrogen) atoms. The minimum Gasteiger partial charge on any atom is -0.469 e. The third-order valence-corrected chi connectivity index (χ3v) is 2.42. The Hall–Kier alpha value is -1.27. The molecular weight excluding hydrogens is 254 g/mol. The van der Waals surface area contributed by atoms with Crippen LogP contribution in [0.1, 0.15) is 23.4 Å². The van der Waals surface area contributed by atoms with Crippen molar-refractivity contribution in [3.63, 3.8) is 0 Å². The lowest BCUT2D eigenvalue weighted by Crippen LogP contribution is -2.11. The Bertz CT molecular complexity index is 427. The highest BCUT2D eigenvalue weighted by Crippen LogP contribution is 2.30. The van der Waals surface area contributed by atoms with Gasteiger partial charge < -0.3 is 10.5 Å². The highest BCUT2D eigenvalue weighted by molar-refractivity contribution is 6.31. The molecule has 0 aliphatic rings. The molecule has 94 valence electrons. The maximum absolute atomic E-state index is 12.7. The predicted octanol–water partition coefficient (Wildman–Crippen LogP) is 1.85. The normalized spacial score (nSPS) is 10.7. The number of nitrogens with zero attached hydrogens (tertiary/aromatic N) is 1. The van der Waals surface area contributed by atoms with Crippen LogP contribution in [0.2, 0.25) is 5.02 Å². The van der Waals surface area contributed by atoms with Crippen LogP contribution in [-0.4, -0.2) is 18.1 Å². The number of halogens is 3. The summed E-state index contributed by atoms with van der Waals surface area (Å²) in [6.07, 6.45) is -2.88. The van der Waals surface area contributed by atoms with Crippen LogP contribution in [0.3, 0.4) is 0 Å². The molecule has 0 aliphatic carbocycles. The van der Waals surface area contributed by atoms with E-state index in [0.717, 1.165) is 0 Å². The Morgan fingerprint density at radius 2 is 2.29 bits per heavy atom. The molecule has 1 heterocycles. The molecule has 2 N–H and O–H groups in total. The zero-order valence-electron chi connectivity index (χ0n) is 9.04. The van der Waals surface area contributed by atoms with Gasteiger partial charge in [0.05, 0.1) is 35.5 Å². The first-order valence-electron chi connectivity index (χ1n) is 4.72. The maximum Gasteiger partial charge on any atom is 0.311 e. The Kier molecular flexibility index (Phi) is 4.77. The fourth-order valence-electron chi connectivity index (χ4n) is 1.32. The van der Waals surface area contributed by atoms with Crippen LogP contribution >= 0.6 is 11.6 Å². The highest BCUT2D eigenvalue weighted by atomic mass is 35.5. The molecule has 0 atom stereocenters. The second-order valence-corrected chi connectivity index (χ2v) is 3.62. The van der Waals surface area contributed by atoms with Crippen LogP contribution in [0.15, 0.2) is 6.07 Å². The number of methoxy groups -OCH3 is 1. The monoisotopic (exact) mass is 264 g/mol. The van der Waals surface area contributed by atoms with E-state index in [1.807, 2.05) is 0 Å². The summed E-state index contributed by atoms with van der Waals surface area (Å²) in [7, 11) is 1.22. The Balaban J connectivity index is 3.13. The van der Waals surface area contributed by atoms with Gasteiger partial charge in [-0.3, -0.25) is 9.78 Å². The van der Waals surface area contributed by atoms with Crippen LogP contribution in [0.4, 0.5) is 8.78 Å².